The van der Waals surface area contributed by atoms with E-state index in [9.17, 15) is 14.4 Å². The van der Waals surface area contributed by atoms with Crippen molar-refractivity contribution < 1.29 is 28.6 Å². The predicted molar refractivity (Wildman–Crippen MR) is 115 cm³/mol. The van der Waals surface area contributed by atoms with Gasteiger partial charge in [0.1, 0.15) is 6.61 Å². The number of carbonyl (C=O) groups excluding carboxylic acids is 3. The monoisotopic (exact) mass is 447 g/mol. The minimum absolute atomic E-state index is 0.155. The lowest BCUT2D eigenvalue weighted by Gasteiger charge is -2.17. The zero-order chi connectivity index (χ0) is 22.5. The highest BCUT2D eigenvalue weighted by atomic mass is 35.5. The van der Waals surface area contributed by atoms with E-state index in [4.69, 9.17) is 25.8 Å². The van der Waals surface area contributed by atoms with Gasteiger partial charge in [-0.05, 0) is 36.1 Å². The summed E-state index contributed by atoms with van der Waals surface area (Å²) in [6.07, 6.45) is 0.466. The van der Waals surface area contributed by atoms with Crippen molar-refractivity contribution in [2.45, 2.75) is 38.7 Å². The third-order valence-corrected chi connectivity index (χ3v) is 4.60. The van der Waals surface area contributed by atoms with Gasteiger partial charge in [-0.1, -0.05) is 61.0 Å². The van der Waals surface area contributed by atoms with Gasteiger partial charge in [0, 0.05) is 18.0 Å². The number of amides is 1. The van der Waals surface area contributed by atoms with E-state index >= 15 is 0 Å². The fraction of sp³-hybridized carbons (Fsp3) is 0.348. The number of hydrogen-bond acceptors (Lipinski definition) is 6. The number of nitrogens with one attached hydrogen (secondary N) is 1. The maximum Gasteiger partial charge on any atom is 0.410 e. The molecule has 0 aliphatic carbocycles. The molecule has 0 aliphatic heterocycles. The summed E-state index contributed by atoms with van der Waals surface area (Å²) in [6.45, 7) is 1.71. The average molecular weight is 448 g/mol. The minimum Gasteiger partial charge on any atom is -0.460 e. The van der Waals surface area contributed by atoms with Gasteiger partial charge >= 0.3 is 18.0 Å². The van der Waals surface area contributed by atoms with Crippen LogP contribution in [0.1, 0.15) is 43.2 Å². The highest BCUT2D eigenvalue weighted by molar-refractivity contribution is 6.30. The van der Waals surface area contributed by atoms with Crippen molar-refractivity contribution in [3.8, 4) is 0 Å². The molecule has 0 spiro atoms. The molecule has 1 atom stereocenters. The summed E-state index contributed by atoms with van der Waals surface area (Å²) < 4.78 is 15.0. The van der Waals surface area contributed by atoms with E-state index in [0.717, 1.165) is 11.1 Å². The second kappa shape index (κ2) is 13.3. The van der Waals surface area contributed by atoms with Gasteiger partial charge in [0.05, 0.1) is 5.92 Å². The fourth-order valence-corrected chi connectivity index (χ4v) is 2.87. The van der Waals surface area contributed by atoms with Gasteiger partial charge in [0.2, 0.25) is 6.79 Å². The minimum atomic E-state index is -0.739. The van der Waals surface area contributed by atoms with Crippen LogP contribution in [0.4, 0.5) is 4.79 Å². The second-order valence-electron chi connectivity index (χ2n) is 6.73. The Kier molecular flexibility index (Phi) is 10.4. The molecule has 31 heavy (non-hydrogen) atoms. The van der Waals surface area contributed by atoms with Crippen LogP contribution in [0.25, 0.3) is 0 Å². The van der Waals surface area contributed by atoms with Crippen molar-refractivity contribution in [1.29, 1.82) is 0 Å². The molecule has 0 heterocycles. The summed E-state index contributed by atoms with van der Waals surface area (Å²) in [5, 5.41) is 3.10. The standard InChI is InChI=1S/C23H26ClNO6/c1-2-6-21(26)30-16-31-23(28)25-14-13-20(18-9-11-19(24)12-10-18)22(27)29-15-17-7-4-3-5-8-17/h3-5,7-12,20H,2,6,13-16H2,1H3,(H,25,28). The summed E-state index contributed by atoms with van der Waals surface area (Å²) in [5.41, 5.74) is 1.61. The number of carbonyl (C=O) groups is 3. The SMILES string of the molecule is CCCC(=O)OCOC(=O)NCCC(C(=O)OCc1ccccc1)c1ccc(Cl)cc1. The highest BCUT2D eigenvalue weighted by Gasteiger charge is 2.22. The molecular formula is C23H26ClNO6. The Balaban J connectivity index is 1.87. The van der Waals surface area contributed by atoms with Crippen LogP contribution < -0.4 is 5.32 Å². The van der Waals surface area contributed by atoms with Crippen molar-refractivity contribution in [3.05, 3.63) is 70.7 Å². The van der Waals surface area contributed by atoms with E-state index in [1.807, 2.05) is 37.3 Å². The largest absolute Gasteiger partial charge is 0.460 e. The number of benzene rings is 2. The van der Waals surface area contributed by atoms with Crippen molar-refractivity contribution in [1.82, 2.24) is 5.32 Å². The highest BCUT2D eigenvalue weighted by Crippen LogP contribution is 2.23. The van der Waals surface area contributed by atoms with E-state index in [1.165, 1.54) is 0 Å². The third kappa shape index (κ3) is 9.09. The number of hydrogen-bond donors (Lipinski definition) is 1. The molecule has 0 radical (unpaired) electrons. The third-order valence-electron chi connectivity index (χ3n) is 4.35. The van der Waals surface area contributed by atoms with E-state index in [1.54, 1.807) is 24.3 Å². The van der Waals surface area contributed by atoms with Gasteiger partial charge in [0.25, 0.3) is 0 Å². The molecular weight excluding hydrogens is 422 g/mol. The summed E-state index contributed by atoms with van der Waals surface area (Å²) in [7, 11) is 0. The predicted octanol–water partition coefficient (Wildman–Crippen LogP) is 4.58. The molecule has 1 amide bonds. The van der Waals surface area contributed by atoms with E-state index in [-0.39, 0.29) is 19.6 Å². The first-order valence-electron chi connectivity index (χ1n) is 10.0. The lowest BCUT2D eigenvalue weighted by Crippen LogP contribution is -2.29. The molecule has 0 bridgehead atoms. The molecule has 7 nitrogen and oxygen atoms in total. The van der Waals surface area contributed by atoms with E-state index < -0.39 is 30.7 Å². The lowest BCUT2D eigenvalue weighted by molar-refractivity contribution is -0.152. The van der Waals surface area contributed by atoms with Crippen LogP contribution in [0.15, 0.2) is 54.6 Å². The summed E-state index contributed by atoms with van der Waals surface area (Å²) in [5.74, 6) is -1.43. The smallest absolute Gasteiger partial charge is 0.410 e. The normalized spacial score (nSPS) is 11.3. The number of halogens is 1. The number of ether oxygens (including phenoxy) is 3. The molecule has 0 aliphatic rings. The maximum absolute atomic E-state index is 12.7. The van der Waals surface area contributed by atoms with Crippen LogP contribution in [0.2, 0.25) is 5.02 Å². The van der Waals surface area contributed by atoms with E-state index in [2.05, 4.69) is 5.32 Å². The topological polar surface area (TPSA) is 90.9 Å². The quantitative estimate of drug-likeness (QED) is 0.400. The summed E-state index contributed by atoms with van der Waals surface area (Å²) in [4.78, 5) is 35.7. The Hall–Kier alpha value is -3.06. The van der Waals surface area contributed by atoms with Gasteiger partial charge in [0.15, 0.2) is 0 Å². The van der Waals surface area contributed by atoms with Gasteiger partial charge in [-0.15, -0.1) is 0 Å². The van der Waals surface area contributed by atoms with Crippen LogP contribution in [0.5, 0.6) is 0 Å². The maximum atomic E-state index is 12.7. The Morgan fingerprint density at radius 3 is 2.35 bits per heavy atom. The summed E-state index contributed by atoms with van der Waals surface area (Å²) >= 11 is 5.95. The number of rotatable bonds is 11. The van der Waals surface area contributed by atoms with Crippen molar-refractivity contribution in [3.63, 3.8) is 0 Å². The second-order valence-corrected chi connectivity index (χ2v) is 7.17. The van der Waals surface area contributed by atoms with Crippen molar-refractivity contribution >= 4 is 29.6 Å². The summed E-state index contributed by atoms with van der Waals surface area (Å²) in [6, 6.07) is 16.3. The Bertz CT molecular complexity index is 841. The number of alkyl carbamates (subject to hydrolysis) is 1. The average Bonchev–Trinajstić information content (AvgIpc) is 2.77. The molecule has 8 heteroatoms. The Labute approximate surface area is 186 Å². The van der Waals surface area contributed by atoms with Gasteiger partial charge in [-0.25, -0.2) is 4.79 Å². The molecule has 0 saturated carbocycles. The van der Waals surface area contributed by atoms with Gasteiger partial charge in [-0.3, -0.25) is 9.59 Å². The van der Waals surface area contributed by atoms with Crippen molar-refractivity contribution in [2.24, 2.45) is 0 Å². The van der Waals surface area contributed by atoms with Crippen molar-refractivity contribution in [2.75, 3.05) is 13.3 Å². The molecule has 2 aromatic rings. The van der Waals surface area contributed by atoms with Crippen LogP contribution in [-0.4, -0.2) is 31.4 Å². The molecule has 166 valence electrons. The van der Waals surface area contributed by atoms with E-state index in [0.29, 0.717) is 17.9 Å². The molecule has 0 aromatic heterocycles. The molecule has 2 rings (SSSR count). The van der Waals surface area contributed by atoms with Crippen LogP contribution in [0, 0.1) is 0 Å². The zero-order valence-electron chi connectivity index (χ0n) is 17.3. The molecule has 1 N–H and O–H groups in total. The first kappa shape index (κ1) is 24.2. The van der Waals surface area contributed by atoms with Crippen LogP contribution in [0.3, 0.4) is 0 Å². The Morgan fingerprint density at radius 1 is 0.968 bits per heavy atom. The van der Waals surface area contributed by atoms with Crippen LogP contribution in [-0.2, 0) is 30.4 Å². The first-order valence-corrected chi connectivity index (χ1v) is 10.4. The lowest BCUT2D eigenvalue weighted by atomic mass is 9.96. The number of esters is 2. The Morgan fingerprint density at radius 2 is 1.68 bits per heavy atom. The zero-order valence-corrected chi connectivity index (χ0v) is 18.1. The first-order chi connectivity index (χ1) is 15.0. The molecule has 0 saturated heterocycles. The molecule has 1 unspecified atom stereocenters. The molecule has 2 aromatic carbocycles. The van der Waals surface area contributed by atoms with Gasteiger partial charge < -0.3 is 19.5 Å². The fourth-order valence-electron chi connectivity index (χ4n) is 2.74. The van der Waals surface area contributed by atoms with Crippen LogP contribution >= 0.6 is 11.6 Å². The molecule has 0 fully saturated rings. The van der Waals surface area contributed by atoms with Gasteiger partial charge in [-0.2, -0.15) is 0 Å².